The van der Waals surface area contributed by atoms with Gasteiger partial charge in [0.05, 0.1) is 35.4 Å². The molecule has 0 N–H and O–H groups in total. The number of rotatable bonds is 8. The molecule has 5 rings (SSSR count). The summed E-state index contributed by atoms with van der Waals surface area (Å²) in [6, 6.07) is 7.91. The molecule has 0 radical (unpaired) electrons. The van der Waals surface area contributed by atoms with Crippen LogP contribution in [0.2, 0.25) is 0 Å². The molecule has 0 bridgehead atoms. The summed E-state index contributed by atoms with van der Waals surface area (Å²) < 4.78 is 53.2. The van der Waals surface area contributed by atoms with Crippen molar-refractivity contribution < 1.29 is 22.3 Å². The van der Waals surface area contributed by atoms with E-state index in [9.17, 15) is 18.0 Å². The molecule has 0 saturated carbocycles. The van der Waals surface area contributed by atoms with E-state index in [0.717, 1.165) is 25.9 Å². The first-order valence-electron chi connectivity index (χ1n) is 12.1. The van der Waals surface area contributed by atoms with Crippen molar-refractivity contribution in [2.24, 2.45) is 0 Å². The molecular formula is C25H27F3N6O3. The molecular weight excluding hydrogens is 489 g/mol. The summed E-state index contributed by atoms with van der Waals surface area (Å²) in [5, 5.41) is 6.94. The van der Waals surface area contributed by atoms with Gasteiger partial charge >= 0.3 is 12.1 Å². The number of hydrogen-bond acceptors (Lipinski definition) is 7. The van der Waals surface area contributed by atoms with E-state index in [1.54, 1.807) is 29.9 Å². The standard InChI is InChI=1S/C25H27F3N6O3/c1-15(14-36-2)32-9-7-19(8-10-32)34-20-6-4-17(26)11-21(20)33(25(34)35)13-18-5-3-16(12-29-18)23-30-31-24(37-23)22(27)28/h3-6,11-12,15,19,22H,7-10,13-14H2,1-2H3. The van der Waals surface area contributed by atoms with Crippen LogP contribution >= 0.6 is 0 Å². The largest absolute Gasteiger partial charge is 0.415 e. The molecule has 1 saturated heterocycles. The van der Waals surface area contributed by atoms with Gasteiger partial charge in [0.25, 0.3) is 5.89 Å². The maximum atomic E-state index is 14.2. The van der Waals surface area contributed by atoms with Gasteiger partial charge in [-0.25, -0.2) is 9.18 Å². The van der Waals surface area contributed by atoms with Gasteiger partial charge in [-0.1, -0.05) is 0 Å². The zero-order chi connectivity index (χ0) is 26.1. The van der Waals surface area contributed by atoms with Gasteiger partial charge in [0, 0.05) is 38.5 Å². The van der Waals surface area contributed by atoms with Crippen LogP contribution in [0.3, 0.4) is 0 Å². The van der Waals surface area contributed by atoms with Crippen LogP contribution in [0.1, 0.15) is 43.8 Å². The number of fused-ring (bicyclic) bond motifs is 1. The maximum absolute atomic E-state index is 14.2. The Morgan fingerprint density at radius 2 is 1.92 bits per heavy atom. The monoisotopic (exact) mass is 516 g/mol. The van der Waals surface area contributed by atoms with Crippen molar-refractivity contribution in [2.45, 2.75) is 44.8 Å². The predicted octanol–water partition coefficient (Wildman–Crippen LogP) is 4.04. The Morgan fingerprint density at radius 3 is 2.57 bits per heavy atom. The Hall–Kier alpha value is -3.51. The lowest BCUT2D eigenvalue weighted by Gasteiger charge is -2.36. The van der Waals surface area contributed by atoms with Crippen LogP contribution < -0.4 is 5.69 Å². The SMILES string of the molecule is COCC(C)N1CCC(n2c(=O)n(Cc3ccc(-c4nnc(C(F)F)o4)cn3)c3cc(F)ccc32)CC1. The quantitative estimate of drug-likeness (QED) is 0.349. The summed E-state index contributed by atoms with van der Waals surface area (Å²) in [5.41, 5.74) is 1.85. The highest BCUT2D eigenvalue weighted by molar-refractivity contribution is 5.76. The lowest BCUT2D eigenvalue weighted by atomic mass is 10.0. The van der Waals surface area contributed by atoms with Gasteiger partial charge < -0.3 is 9.15 Å². The van der Waals surface area contributed by atoms with Crippen LogP contribution in [-0.4, -0.2) is 62.1 Å². The molecule has 1 fully saturated rings. The molecule has 1 aromatic carbocycles. The van der Waals surface area contributed by atoms with E-state index < -0.39 is 18.1 Å². The minimum atomic E-state index is -2.86. The van der Waals surface area contributed by atoms with Crippen LogP contribution in [0.4, 0.5) is 13.2 Å². The summed E-state index contributed by atoms with van der Waals surface area (Å²) in [6.07, 6.45) is 0.142. The Labute approximate surface area is 210 Å². The molecule has 1 unspecified atom stereocenters. The molecule has 1 aliphatic rings. The lowest BCUT2D eigenvalue weighted by Crippen LogP contribution is -2.43. The van der Waals surface area contributed by atoms with Gasteiger partial charge in [-0.05, 0) is 50.1 Å². The van der Waals surface area contributed by atoms with Crippen molar-refractivity contribution in [3.8, 4) is 11.5 Å². The number of halogens is 3. The third-order valence-corrected chi connectivity index (χ3v) is 6.84. The van der Waals surface area contributed by atoms with Crippen molar-refractivity contribution in [2.75, 3.05) is 26.8 Å². The molecule has 0 spiro atoms. The zero-order valence-electron chi connectivity index (χ0n) is 20.5. The smallest absolute Gasteiger partial charge is 0.329 e. The first-order valence-corrected chi connectivity index (χ1v) is 12.1. The second kappa shape index (κ2) is 10.5. The minimum Gasteiger partial charge on any atom is -0.415 e. The number of pyridine rings is 1. The number of hydrogen-bond donors (Lipinski definition) is 0. The van der Waals surface area contributed by atoms with Gasteiger partial charge in [-0.2, -0.15) is 8.78 Å². The number of alkyl halides is 2. The summed E-state index contributed by atoms with van der Waals surface area (Å²) in [7, 11) is 1.69. The van der Waals surface area contributed by atoms with Crippen LogP contribution in [0.5, 0.6) is 0 Å². The number of piperidine rings is 1. The van der Waals surface area contributed by atoms with Gasteiger partial charge in [0.15, 0.2) is 0 Å². The van der Waals surface area contributed by atoms with E-state index in [-0.39, 0.29) is 24.2 Å². The fourth-order valence-corrected chi connectivity index (χ4v) is 4.94. The summed E-state index contributed by atoms with van der Waals surface area (Å²) in [5.74, 6) is -1.27. The molecule has 1 aliphatic heterocycles. The van der Waals surface area contributed by atoms with Crippen LogP contribution in [-0.2, 0) is 11.3 Å². The molecule has 0 aliphatic carbocycles. The number of aromatic nitrogens is 5. The van der Waals surface area contributed by atoms with Crippen molar-refractivity contribution in [1.29, 1.82) is 0 Å². The average Bonchev–Trinajstić information content (AvgIpc) is 3.49. The summed E-state index contributed by atoms with van der Waals surface area (Å²) >= 11 is 0. The highest BCUT2D eigenvalue weighted by Gasteiger charge is 2.27. The Bertz CT molecular complexity index is 1420. The van der Waals surface area contributed by atoms with E-state index in [2.05, 4.69) is 27.0 Å². The fourth-order valence-electron chi connectivity index (χ4n) is 4.94. The van der Waals surface area contributed by atoms with Crippen molar-refractivity contribution >= 4 is 11.0 Å². The van der Waals surface area contributed by atoms with Crippen molar-refractivity contribution in [3.63, 3.8) is 0 Å². The number of ether oxygens (including phenoxy) is 1. The van der Waals surface area contributed by atoms with Gasteiger partial charge in [0.1, 0.15) is 5.82 Å². The number of benzene rings is 1. The molecule has 12 heteroatoms. The van der Waals surface area contributed by atoms with Crippen molar-refractivity contribution in [3.05, 3.63) is 64.4 Å². The summed E-state index contributed by atoms with van der Waals surface area (Å²) in [6.45, 7) is 4.55. The summed E-state index contributed by atoms with van der Waals surface area (Å²) in [4.78, 5) is 20.3. The second-order valence-electron chi connectivity index (χ2n) is 9.23. The van der Waals surface area contributed by atoms with E-state index in [1.807, 2.05) is 0 Å². The zero-order valence-corrected chi connectivity index (χ0v) is 20.5. The third-order valence-electron chi connectivity index (χ3n) is 6.84. The normalized spacial score (nSPS) is 16.2. The molecule has 9 nitrogen and oxygen atoms in total. The topological polar surface area (TPSA) is 91.2 Å². The van der Waals surface area contributed by atoms with Gasteiger partial charge in [-0.15, -0.1) is 10.2 Å². The molecule has 3 aromatic heterocycles. The van der Waals surface area contributed by atoms with Gasteiger partial charge in [0.2, 0.25) is 5.89 Å². The van der Waals surface area contributed by atoms with E-state index in [1.165, 1.54) is 22.9 Å². The Morgan fingerprint density at radius 1 is 1.14 bits per heavy atom. The molecule has 196 valence electrons. The van der Waals surface area contributed by atoms with Crippen LogP contribution in [0, 0.1) is 5.82 Å². The molecule has 4 heterocycles. The van der Waals surface area contributed by atoms with Gasteiger partial charge in [-0.3, -0.25) is 19.0 Å². The average molecular weight is 517 g/mol. The maximum Gasteiger partial charge on any atom is 0.329 e. The highest BCUT2D eigenvalue weighted by atomic mass is 19.3. The fraction of sp³-hybridized carbons (Fsp3) is 0.440. The number of methoxy groups -OCH3 is 1. The second-order valence-corrected chi connectivity index (χ2v) is 9.23. The number of likely N-dealkylation sites (tertiary alicyclic amines) is 1. The van der Waals surface area contributed by atoms with Crippen LogP contribution in [0.25, 0.3) is 22.5 Å². The number of nitrogens with zero attached hydrogens (tertiary/aromatic N) is 6. The number of imidazole rings is 1. The first-order chi connectivity index (χ1) is 17.9. The lowest BCUT2D eigenvalue weighted by molar-refractivity contribution is 0.0750. The minimum absolute atomic E-state index is 0.00963. The van der Waals surface area contributed by atoms with E-state index in [0.29, 0.717) is 34.9 Å². The molecule has 0 amide bonds. The van der Waals surface area contributed by atoms with E-state index in [4.69, 9.17) is 9.15 Å². The molecule has 37 heavy (non-hydrogen) atoms. The molecule has 4 aromatic rings. The highest BCUT2D eigenvalue weighted by Crippen LogP contribution is 2.28. The first kappa shape index (κ1) is 25.2. The predicted molar refractivity (Wildman–Crippen MR) is 129 cm³/mol. The third kappa shape index (κ3) is 5.03. The van der Waals surface area contributed by atoms with E-state index >= 15 is 0 Å². The molecule has 1 atom stereocenters. The van der Waals surface area contributed by atoms with Crippen molar-refractivity contribution in [1.82, 2.24) is 29.2 Å². The Kier molecular flexibility index (Phi) is 7.11. The Balaban J connectivity index is 1.41. The van der Waals surface area contributed by atoms with Crippen LogP contribution in [0.15, 0.2) is 45.7 Å².